The molecule has 0 amide bonds. The molecule has 0 fully saturated rings. The third-order valence-electron chi connectivity index (χ3n) is 3.15. The Labute approximate surface area is 95.2 Å². The topological polar surface area (TPSA) is 15.8 Å². The van der Waals surface area contributed by atoms with Crippen LogP contribution in [0.4, 0.5) is 0 Å². The molecule has 1 aromatic heterocycles. The van der Waals surface area contributed by atoms with E-state index in [1.807, 2.05) is 6.20 Å². The van der Waals surface area contributed by atoms with E-state index in [0.717, 1.165) is 16.7 Å². The van der Waals surface area contributed by atoms with Gasteiger partial charge in [-0.25, -0.2) is 0 Å². The quantitative estimate of drug-likeness (QED) is 0.751. The molecular formula is C13H16ClN. The van der Waals surface area contributed by atoms with Gasteiger partial charge in [-0.1, -0.05) is 37.1 Å². The Kier molecular flexibility index (Phi) is 2.74. The summed E-state index contributed by atoms with van der Waals surface area (Å²) < 4.78 is 0. The first kappa shape index (κ1) is 10.6. The molecule has 1 nitrogen and oxygen atoms in total. The Hall–Kier alpha value is -0.950. The summed E-state index contributed by atoms with van der Waals surface area (Å²) in [5.74, 6) is 0.479. The lowest BCUT2D eigenvalue weighted by Gasteiger charge is -2.05. The average molecular weight is 222 g/mol. The van der Waals surface area contributed by atoms with Crippen LogP contribution in [-0.4, -0.2) is 4.98 Å². The number of halogens is 1. The fraction of sp³-hybridized carbons (Fsp3) is 0.385. The summed E-state index contributed by atoms with van der Waals surface area (Å²) >= 11 is 6.16. The highest BCUT2D eigenvalue weighted by Gasteiger charge is 2.09. The molecule has 0 spiro atoms. The third-order valence-corrected chi connectivity index (χ3v) is 3.46. The lowest BCUT2D eigenvalue weighted by Crippen LogP contribution is -2.26. The number of hydrogen-bond acceptors (Lipinski definition) is 0. The molecule has 0 aliphatic heterocycles. The zero-order valence-electron chi connectivity index (χ0n) is 9.39. The van der Waals surface area contributed by atoms with Gasteiger partial charge < -0.3 is 4.98 Å². The standard InChI is InChI=1S/C13H16ClN/c1-4-10-5-8(2)9(3)13-11(6-10)12(14)7-15-13/h5-8,15H,4H2,1-3H3. The maximum Gasteiger partial charge on any atom is 0.0659 e. The van der Waals surface area contributed by atoms with Crippen LogP contribution in [0.25, 0.3) is 11.6 Å². The minimum atomic E-state index is 0.479. The van der Waals surface area contributed by atoms with Crippen molar-refractivity contribution in [3.63, 3.8) is 0 Å². The van der Waals surface area contributed by atoms with Crippen LogP contribution in [0.3, 0.4) is 0 Å². The fourth-order valence-corrected chi connectivity index (χ4v) is 2.21. The Balaban J connectivity index is 2.80. The van der Waals surface area contributed by atoms with Gasteiger partial charge in [-0.2, -0.15) is 0 Å². The lowest BCUT2D eigenvalue weighted by molar-refractivity contribution is 0.924. The van der Waals surface area contributed by atoms with Gasteiger partial charge >= 0.3 is 0 Å². The van der Waals surface area contributed by atoms with Crippen LogP contribution in [0.2, 0.25) is 5.02 Å². The van der Waals surface area contributed by atoms with Crippen LogP contribution < -0.4 is 10.6 Å². The molecule has 0 saturated heterocycles. The third kappa shape index (κ3) is 1.76. The van der Waals surface area contributed by atoms with E-state index in [1.54, 1.807) is 0 Å². The molecule has 0 saturated carbocycles. The van der Waals surface area contributed by atoms with Crippen molar-refractivity contribution in [1.82, 2.24) is 4.98 Å². The van der Waals surface area contributed by atoms with Gasteiger partial charge in [0.05, 0.1) is 5.02 Å². The second kappa shape index (κ2) is 3.90. The Bertz CT molecular complexity index is 519. The van der Waals surface area contributed by atoms with E-state index >= 15 is 0 Å². The number of allylic oxidation sites excluding steroid dienone is 2. The van der Waals surface area contributed by atoms with Gasteiger partial charge in [0.15, 0.2) is 0 Å². The van der Waals surface area contributed by atoms with Gasteiger partial charge in [0, 0.05) is 16.8 Å². The minimum Gasteiger partial charge on any atom is -0.360 e. The number of H-pyrrole nitrogens is 1. The Morgan fingerprint density at radius 1 is 1.47 bits per heavy atom. The molecule has 1 aliphatic carbocycles. The smallest absolute Gasteiger partial charge is 0.0659 e. The van der Waals surface area contributed by atoms with E-state index in [4.69, 9.17) is 11.6 Å². The highest BCUT2D eigenvalue weighted by atomic mass is 35.5. The highest BCUT2D eigenvalue weighted by molar-refractivity contribution is 6.30. The van der Waals surface area contributed by atoms with E-state index in [-0.39, 0.29) is 0 Å². The molecular weight excluding hydrogens is 206 g/mol. The molecule has 0 aromatic carbocycles. The van der Waals surface area contributed by atoms with Gasteiger partial charge in [0.25, 0.3) is 0 Å². The predicted octanol–water partition coefficient (Wildman–Crippen LogP) is 2.61. The first-order valence-electron chi connectivity index (χ1n) is 5.39. The summed E-state index contributed by atoms with van der Waals surface area (Å²) in [5.41, 5.74) is 2.72. The lowest BCUT2D eigenvalue weighted by atomic mass is 10.0. The minimum absolute atomic E-state index is 0.479. The van der Waals surface area contributed by atoms with Crippen LogP contribution in [0, 0.1) is 5.92 Å². The van der Waals surface area contributed by atoms with Crippen molar-refractivity contribution in [2.24, 2.45) is 5.92 Å². The van der Waals surface area contributed by atoms with Gasteiger partial charge in [-0.05, 0) is 30.9 Å². The molecule has 1 unspecified atom stereocenters. The summed E-state index contributed by atoms with van der Waals surface area (Å²) in [4.78, 5) is 3.26. The zero-order chi connectivity index (χ0) is 11.0. The van der Waals surface area contributed by atoms with E-state index in [0.29, 0.717) is 5.92 Å². The van der Waals surface area contributed by atoms with Crippen LogP contribution >= 0.6 is 11.6 Å². The van der Waals surface area contributed by atoms with Crippen molar-refractivity contribution in [3.05, 3.63) is 33.4 Å². The van der Waals surface area contributed by atoms with Crippen molar-refractivity contribution in [2.75, 3.05) is 0 Å². The number of rotatable bonds is 1. The number of aromatic amines is 1. The molecule has 1 aliphatic rings. The van der Waals surface area contributed by atoms with Crippen molar-refractivity contribution in [1.29, 1.82) is 0 Å². The predicted molar refractivity (Wildman–Crippen MR) is 66.1 cm³/mol. The number of hydrogen-bond donors (Lipinski definition) is 1. The van der Waals surface area contributed by atoms with Crippen molar-refractivity contribution >= 4 is 23.3 Å². The Morgan fingerprint density at radius 3 is 2.87 bits per heavy atom. The van der Waals surface area contributed by atoms with Crippen LogP contribution in [-0.2, 0) is 0 Å². The largest absolute Gasteiger partial charge is 0.360 e. The fourth-order valence-electron chi connectivity index (χ4n) is 2.01. The van der Waals surface area contributed by atoms with Crippen molar-refractivity contribution in [2.45, 2.75) is 27.2 Å². The van der Waals surface area contributed by atoms with Crippen molar-refractivity contribution < 1.29 is 0 Å². The van der Waals surface area contributed by atoms with E-state index in [1.165, 1.54) is 16.5 Å². The van der Waals surface area contributed by atoms with Crippen LogP contribution in [0.15, 0.2) is 17.8 Å². The summed E-state index contributed by atoms with van der Waals surface area (Å²) in [7, 11) is 0. The number of aromatic nitrogens is 1. The van der Waals surface area contributed by atoms with Crippen LogP contribution in [0.5, 0.6) is 0 Å². The molecule has 1 aromatic rings. The summed E-state index contributed by atoms with van der Waals surface area (Å²) in [6, 6.07) is 0. The molecule has 1 N–H and O–H groups in total. The average Bonchev–Trinajstić information content (AvgIpc) is 2.52. The highest BCUT2D eigenvalue weighted by Crippen LogP contribution is 2.17. The second-order valence-electron chi connectivity index (χ2n) is 4.14. The normalized spacial score (nSPS) is 20.4. The zero-order valence-corrected chi connectivity index (χ0v) is 10.2. The molecule has 15 heavy (non-hydrogen) atoms. The summed E-state index contributed by atoms with van der Waals surface area (Å²) in [5, 5.41) is 3.15. The van der Waals surface area contributed by atoms with Crippen LogP contribution in [0.1, 0.15) is 27.2 Å². The second-order valence-corrected chi connectivity index (χ2v) is 4.54. The molecule has 80 valence electrons. The van der Waals surface area contributed by atoms with Gasteiger partial charge in [0.2, 0.25) is 0 Å². The maximum absolute atomic E-state index is 6.16. The summed E-state index contributed by atoms with van der Waals surface area (Å²) in [6.45, 7) is 6.57. The molecule has 1 heterocycles. The Morgan fingerprint density at radius 2 is 2.20 bits per heavy atom. The molecule has 2 rings (SSSR count). The monoisotopic (exact) mass is 221 g/mol. The SMILES string of the molecule is CCC1=CC(C)C(C)=c2[nH]cc(Cl)c2=C1. The number of nitrogens with one attached hydrogen (secondary N) is 1. The molecule has 0 bridgehead atoms. The first-order chi connectivity index (χ1) is 7.13. The molecule has 1 atom stereocenters. The summed E-state index contributed by atoms with van der Waals surface area (Å²) in [6.07, 6.45) is 7.44. The number of fused-ring (bicyclic) bond motifs is 1. The van der Waals surface area contributed by atoms with E-state index < -0.39 is 0 Å². The van der Waals surface area contributed by atoms with Gasteiger partial charge in [-0.15, -0.1) is 0 Å². The van der Waals surface area contributed by atoms with Gasteiger partial charge in [-0.3, -0.25) is 0 Å². The van der Waals surface area contributed by atoms with Crippen molar-refractivity contribution in [3.8, 4) is 0 Å². The molecule has 0 radical (unpaired) electrons. The van der Waals surface area contributed by atoms with E-state index in [9.17, 15) is 0 Å². The maximum atomic E-state index is 6.16. The van der Waals surface area contributed by atoms with E-state index in [2.05, 4.69) is 37.9 Å². The molecule has 2 heteroatoms. The first-order valence-corrected chi connectivity index (χ1v) is 5.77. The van der Waals surface area contributed by atoms with Gasteiger partial charge in [0.1, 0.15) is 0 Å².